The van der Waals surface area contributed by atoms with E-state index >= 15 is 0 Å². The van der Waals surface area contributed by atoms with Crippen LogP contribution in [0.1, 0.15) is 5.56 Å². The van der Waals surface area contributed by atoms with Crippen molar-refractivity contribution in [1.82, 2.24) is 4.72 Å². The van der Waals surface area contributed by atoms with Crippen LogP contribution in [0.4, 0.5) is 10.1 Å². The summed E-state index contributed by atoms with van der Waals surface area (Å²) in [6, 6.07) is 8.20. The fraction of sp³-hybridized carbons (Fsp3) is 0.143. The highest BCUT2D eigenvalue weighted by Gasteiger charge is 2.17. The van der Waals surface area contributed by atoms with E-state index in [-0.39, 0.29) is 33.5 Å². The molecule has 0 aliphatic rings. The summed E-state index contributed by atoms with van der Waals surface area (Å²) in [6.45, 7) is -0.249. The zero-order valence-electron chi connectivity index (χ0n) is 11.6. The van der Waals surface area contributed by atoms with Gasteiger partial charge in [0.2, 0.25) is 10.0 Å². The number of methoxy groups -OCH3 is 1. The second-order valence-electron chi connectivity index (χ2n) is 4.43. The molecule has 0 saturated carbocycles. The van der Waals surface area contributed by atoms with Gasteiger partial charge in [0.25, 0.3) is 0 Å². The second kappa shape index (κ2) is 6.51. The van der Waals surface area contributed by atoms with Gasteiger partial charge in [-0.2, -0.15) is 0 Å². The van der Waals surface area contributed by atoms with Crippen LogP contribution >= 0.6 is 11.6 Å². The fourth-order valence-corrected chi connectivity index (χ4v) is 2.99. The van der Waals surface area contributed by atoms with Gasteiger partial charge in [-0.25, -0.2) is 17.5 Å². The van der Waals surface area contributed by atoms with Crippen LogP contribution in [0.25, 0.3) is 0 Å². The van der Waals surface area contributed by atoms with Gasteiger partial charge in [-0.15, -0.1) is 0 Å². The maximum Gasteiger partial charge on any atom is 0.240 e. The molecule has 0 aliphatic heterocycles. The largest absolute Gasteiger partial charge is 0.496 e. The monoisotopic (exact) mass is 344 g/mol. The summed E-state index contributed by atoms with van der Waals surface area (Å²) in [7, 11) is -2.47. The lowest BCUT2D eigenvalue weighted by molar-refractivity contribution is 0.403. The van der Waals surface area contributed by atoms with Gasteiger partial charge >= 0.3 is 0 Å². The molecule has 2 rings (SSSR count). The van der Waals surface area contributed by atoms with E-state index in [1.54, 1.807) is 6.07 Å². The summed E-state index contributed by atoms with van der Waals surface area (Å²) in [6.07, 6.45) is 0. The molecule has 0 radical (unpaired) electrons. The first kappa shape index (κ1) is 16.5. The summed E-state index contributed by atoms with van der Waals surface area (Å²) < 4.78 is 45.5. The number of nitrogens with two attached hydrogens (primary N) is 1. The topological polar surface area (TPSA) is 81.4 Å². The molecule has 118 valence electrons. The molecule has 0 saturated heterocycles. The summed E-state index contributed by atoms with van der Waals surface area (Å²) in [5.74, 6) is -0.295. The number of anilines is 1. The van der Waals surface area contributed by atoms with Crippen molar-refractivity contribution in [1.29, 1.82) is 0 Å². The van der Waals surface area contributed by atoms with Crippen molar-refractivity contribution >= 4 is 27.3 Å². The number of benzene rings is 2. The second-order valence-corrected chi connectivity index (χ2v) is 6.60. The van der Waals surface area contributed by atoms with E-state index in [4.69, 9.17) is 22.1 Å². The fourth-order valence-electron chi connectivity index (χ4n) is 1.84. The van der Waals surface area contributed by atoms with Gasteiger partial charge in [-0.3, -0.25) is 0 Å². The van der Waals surface area contributed by atoms with E-state index in [9.17, 15) is 12.8 Å². The van der Waals surface area contributed by atoms with Crippen LogP contribution in [-0.2, 0) is 16.6 Å². The van der Waals surface area contributed by atoms with E-state index in [1.165, 1.54) is 37.4 Å². The number of hydrogen-bond acceptors (Lipinski definition) is 4. The Kier molecular flexibility index (Phi) is 4.90. The summed E-state index contributed by atoms with van der Waals surface area (Å²) in [5.41, 5.74) is 5.86. The van der Waals surface area contributed by atoms with Crippen LogP contribution in [0.15, 0.2) is 41.3 Å². The maximum absolute atomic E-state index is 13.8. The Hall–Kier alpha value is -1.83. The Bertz CT molecular complexity index is 797. The molecule has 22 heavy (non-hydrogen) atoms. The summed E-state index contributed by atoms with van der Waals surface area (Å²) >= 11 is 5.76. The molecule has 0 atom stereocenters. The molecule has 2 aromatic rings. The number of sulfonamides is 1. The molecule has 0 amide bonds. The Morgan fingerprint density at radius 3 is 2.68 bits per heavy atom. The van der Waals surface area contributed by atoms with Gasteiger partial charge in [0.15, 0.2) is 0 Å². The third-order valence-corrected chi connectivity index (χ3v) is 4.76. The highest BCUT2D eigenvalue weighted by molar-refractivity contribution is 7.89. The Morgan fingerprint density at radius 2 is 2.05 bits per heavy atom. The first-order chi connectivity index (χ1) is 10.3. The van der Waals surface area contributed by atoms with Crippen LogP contribution in [0.5, 0.6) is 5.75 Å². The van der Waals surface area contributed by atoms with Crippen LogP contribution < -0.4 is 15.2 Å². The van der Waals surface area contributed by atoms with Crippen molar-refractivity contribution in [2.75, 3.05) is 12.8 Å². The minimum atomic E-state index is -3.85. The molecule has 0 aliphatic carbocycles. The molecule has 0 unspecified atom stereocenters. The number of ether oxygens (including phenoxy) is 1. The van der Waals surface area contributed by atoms with Crippen molar-refractivity contribution < 1.29 is 17.5 Å². The lowest BCUT2D eigenvalue weighted by Gasteiger charge is -2.11. The zero-order chi connectivity index (χ0) is 16.3. The number of nitrogen functional groups attached to an aromatic ring is 1. The molecule has 0 aromatic heterocycles. The van der Waals surface area contributed by atoms with Crippen molar-refractivity contribution in [3.63, 3.8) is 0 Å². The number of nitrogens with one attached hydrogen (secondary N) is 1. The number of hydrogen-bond donors (Lipinski definition) is 2. The molecule has 2 aromatic carbocycles. The minimum Gasteiger partial charge on any atom is -0.496 e. The molecule has 5 nitrogen and oxygen atoms in total. The van der Waals surface area contributed by atoms with E-state index in [0.29, 0.717) is 0 Å². The highest BCUT2D eigenvalue weighted by atomic mass is 35.5. The summed E-state index contributed by atoms with van der Waals surface area (Å²) in [4.78, 5) is -0.0512. The van der Waals surface area contributed by atoms with Crippen LogP contribution in [-0.4, -0.2) is 15.5 Å². The van der Waals surface area contributed by atoms with Gasteiger partial charge in [-0.1, -0.05) is 17.7 Å². The quantitative estimate of drug-likeness (QED) is 0.817. The molecule has 0 spiro atoms. The molecule has 0 fully saturated rings. The van der Waals surface area contributed by atoms with E-state index in [1.807, 2.05) is 0 Å². The van der Waals surface area contributed by atoms with Crippen LogP contribution in [0, 0.1) is 5.82 Å². The molecule has 8 heteroatoms. The third-order valence-electron chi connectivity index (χ3n) is 3.01. The van der Waals surface area contributed by atoms with Crippen molar-refractivity contribution in [3.8, 4) is 5.75 Å². The molecular formula is C14H14ClFN2O3S. The first-order valence-electron chi connectivity index (χ1n) is 6.21. The van der Waals surface area contributed by atoms with Crippen molar-refractivity contribution in [2.24, 2.45) is 0 Å². The standard InChI is InChI=1S/C14H14ClFN2O3S/c1-21-14-4-2-3-12(16)10(14)8-18-22(19,20)9-5-6-11(15)13(17)7-9/h2-7,18H,8,17H2,1H3. The van der Waals surface area contributed by atoms with Crippen LogP contribution in [0.3, 0.4) is 0 Å². The number of rotatable bonds is 5. The summed E-state index contributed by atoms with van der Waals surface area (Å²) in [5, 5.41) is 0.259. The molecule has 3 N–H and O–H groups in total. The average molecular weight is 345 g/mol. The van der Waals surface area contributed by atoms with Gasteiger partial charge in [0.1, 0.15) is 11.6 Å². The van der Waals surface area contributed by atoms with Crippen molar-refractivity contribution in [2.45, 2.75) is 11.4 Å². The third kappa shape index (κ3) is 3.49. The molecule has 0 bridgehead atoms. The lowest BCUT2D eigenvalue weighted by atomic mass is 10.2. The predicted molar refractivity (Wildman–Crippen MR) is 82.8 cm³/mol. The van der Waals surface area contributed by atoms with E-state index in [0.717, 1.165) is 0 Å². The average Bonchev–Trinajstić information content (AvgIpc) is 2.48. The van der Waals surface area contributed by atoms with E-state index in [2.05, 4.69) is 4.72 Å². The van der Waals surface area contributed by atoms with Crippen molar-refractivity contribution in [3.05, 3.63) is 52.8 Å². The zero-order valence-corrected chi connectivity index (χ0v) is 13.2. The SMILES string of the molecule is COc1cccc(F)c1CNS(=O)(=O)c1ccc(Cl)c(N)c1. The Labute approximate surface area is 132 Å². The Morgan fingerprint density at radius 1 is 1.32 bits per heavy atom. The normalized spacial score (nSPS) is 11.4. The molecular weight excluding hydrogens is 331 g/mol. The molecule has 0 heterocycles. The van der Waals surface area contributed by atoms with Gasteiger partial charge in [0, 0.05) is 12.1 Å². The lowest BCUT2D eigenvalue weighted by Crippen LogP contribution is -2.24. The maximum atomic E-state index is 13.8. The van der Waals surface area contributed by atoms with Gasteiger partial charge < -0.3 is 10.5 Å². The minimum absolute atomic E-state index is 0.0512. The highest BCUT2D eigenvalue weighted by Crippen LogP contribution is 2.24. The first-order valence-corrected chi connectivity index (χ1v) is 8.07. The smallest absolute Gasteiger partial charge is 0.240 e. The van der Waals surface area contributed by atoms with Gasteiger partial charge in [-0.05, 0) is 30.3 Å². The van der Waals surface area contributed by atoms with E-state index < -0.39 is 15.8 Å². The predicted octanol–water partition coefficient (Wildman–Crippen LogP) is 2.55. The van der Waals surface area contributed by atoms with Crippen LogP contribution in [0.2, 0.25) is 5.02 Å². The van der Waals surface area contributed by atoms with Gasteiger partial charge in [0.05, 0.1) is 22.7 Å². The Balaban J connectivity index is 2.25. The number of halogens is 2.